The molecule has 5 nitrogen and oxygen atoms in total. The summed E-state index contributed by atoms with van der Waals surface area (Å²) < 4.78 is 0. The van der Waals surface area contributed by atoms with Crippen LogP contribution in [0.1, 0.15) is 39.5 Å². The normalized spacial score (nSPS) is 12.9. The molecule has 0 aliphatic carbocycles. The molecule has 1 unspecified atom stereocenters. The van der Waals surface area contributed by atoms with E-state index in [-0.39, 0.29) is 18.3 Å². The zero-order valence-corrected chi connectivity index (χ0v) is 13.7. The van der Waals surface area contributed by atoms with Crippen molar-refractivity contribution in [2.45, 2.75) is 45.1 Å². The van der Waals surface area contributed by atoms with E-state index in [1.54, 1.807) is 13.1 Å². The van der Waals surface area contributed by atoms with Gasteiger partial charge in [-0.25, -0.2) is 4.98 Å². The molecule has 1 heterocycles. The van der Waals surface area contributed by atoms with Crippen molar-refractivity contribution in [3.05, 3.63) is 24.4 Å². The van der Waals surface area contributed by atoms with Gasteiger partial charge < -0.3 is 16.4 Å². The van der Waals surface area contributed by atoms with Crippen molar-refractivity contribution in [1.82, 2.24) is 10.3 Å². The molecule has 0 radical (unpaired) electrons. The van der Waals surface area contributed by atoms with Crippen LogP contribution in [0.2, 0.25) is 0 Å². The van der Waals surface area contributed by atoms with Crippen LogP contribution in [0.5, 0.6) is 0 Å². The standard InChI is InChI=1S/C15H26N4O.ClH/c1-3-9-15(2,16)14(20)19-12-7-6-11-18-13-8-4-5-10-17-13;/h4-5,8,10H,3,6-7,9,11-12,16H2,1-2H3,(H,17,18)(H,19,20);1H. The van der Waals surface area contributed by atoms with Crippen LogP contribution in [0.25, 0.3) is 0 Å². The first-order valence-electron chi connectivity index (χ1n) is 7.28. The second-order valence-corrected chi connectivity index (χ2v) is 5.27. The molecule has 0 aliphatic rings. The van der Waals surface area contributed by atoms with Gasteiger partial charge in [0.2, 0.25) is 5.91 Å². The third-order valence-electron chi connectivity index (χ3n) is 3.15. The maximum atomic E-state index is 11.8. The Bertz CT molecular complexity index is 398. The lowest BCUT2D eigenvalue weighted by atomic mass is 9.96. The van der Waals surface area contributed by atoms with E-state index in [0.29, 0.717) is 13.0 Å². The van der Waals surface area contributed by atoms with Gasteiger partial charge in [-0.05, 0) is 38.3 Å². The number of pyridine rings is 1. The number of halogens is 1. The van der Waals surface area contributed by atoms with E-state index in [9.17, 15) is 4.79 Å². The molecule has 120 valence electrons. The van der Waals surface area contributed by atoms with E-state index in [1.165, 1.54) is 0 Å². The first-order chi connectivity index (χ1) is 9.56. The Morgan fingerprint density at radius 1 is 1.33 bits per heavy atom. The summed E-state index contributed by atoms with van der Waals surface area (Å²) in [5.74, 6) is 0.825. The summed E-state index contributed by atoms with van der Waals surface area (Å²) in [7, 11) is 0. The monoisotopic (exact) mass is 314 g/mol. The Kier molecular flexibility index (Phi) is 9.75. The highest BCUT2D eigenvalue weighted by Gasteiger charge is 2.26. The molecule has 1 atom stereocenters. The average Bonchev–Trinajstić information content (AvgIpc) is 2.43. The third-order valence-corrected chi connectivity index (χ3v) is 3.15. The zero-order valence-electron chi connectivity index (χ0n) is 12.9. The Labute approximate surface area is 133 Å². The number of hydrogen-bond acceptors (Lipinski definition) is 4. The molecule has 0 spiro atoms. The first kappa shape index (κ1) is 19.7. The molecule has 0 saturated heterocycles. The van der Waals surface area contributed by atoms with Gasteiger partial charge in [0.1, 0.15) is 5.82 Å². The molecule has 1 aromatic heterocycles. The highest BCUT2D eigenvalue weighted by atomic mass is 35.5. The molecule has 0 fully saturated rings. The van der Waals surface area contributed by atoms with E-state index in [1.807, 2.05) is 25.1 Å². The van der Waals surface area contributed by atoms with Crippen LogP contribution in [-0.2, 0) is 4.79 Å². The van der Waals surface area contributed by atoms with Gasteiger partial charge in [0.15, 0.2) is 0 Å². The minimum atomic E-state index is -0.749. The SMILES string of the molecule is CCCC(C)(N)C(=O)NCCCCNc1ccccn1.Cl. The number of anilines is 1. The number of carbonyl (C=O) groups excluding carboxylic acids is 1. The number of amides is 1. The molecule has 21 heavy (non-hydrogen) atoms. The molecule has 0 aliphatic heterocycles. The van der Waals surface area contributed by atoms with Crippen molar-refractivity contribution in [3.63, 3.8) is 0 Å². The van der Waals surface area contributed by atoms with Gasteiger partial charge >= 0.3 is 0 Å². The summed E-state index contributed by atoms with van der Waals surface area (Å²) >= 11 is 0. The Balaban J connectivity index is 0.00000400. The molecule has 0 saturated carbocycles. The molecule has 1 amide bonds. The van der Waals surface area contributed by atoms with Gasteiger partial charge in [0.05, 0.1) is 5.54 Å². The maximum Gasteiger partial charge on any atom is 0.239 e. The number of nitrogens with two attached hydrogens (primary N) is 1. The molecule has 4 N–H and O–H groups in total. The lowest BCUT2D eigenvalue weighted by Gasteiger charge is -2.22. The number of carbonyl (C=O) groups is 1. The van der Waals surface area contributed by atoms with E-state index >= 15 is 0 Å². The minimum absolute atomic E-state index is 0. The van der Waals surface area contributed by atoms with Crippen molar-refractivity contribution in [3.8, 4) is 0 Å². The second-order valence-electron chi connectivity index (χ2n) is 5.27. The Morgan fingerprint density at radius 3 is 2.67 bits per heavy atom. The first-order valence-corrected chi connectivity index (χ1v) is 7.28. The largest absolute Gasteiger partial charge is 0.370 e. The van der Waals surface area contributed by atoms with Gasteiger partial charge in [-0.15, -0.1) is 12.4 Å². The van der Waals surface area contributed by atoms with Crippen molar-refractivity contribution in [2.24, 2.45) is 5.73 Å². The molecular weight excluding hydrogens is 288 g/mol. The Hall–Kier alpha value is -1.33. The van der Waals surface area contributed by atoms with Crippen molar-refractivity contribution in [2.75, 3.05) is 18.4 Å². The predicted octanol–water partition coefficient (Wildman–Crippen LogP) is 2.33. The number of nitrogens with one attached hydrogen (secondary N) is 2. The smallest absolute Gasteiger partial charge is 0.239 e. The maximum absolute atomic E-state index is 11.8. The van der Waals surface area contributed by atoms with E-state index in [0.717, 1.165) is 31.6 Å². The summed E-state index contributed by atoms with van der Waals surface area (Å²) in [6, 6.07) is 5.78. The zero-order chi connectivity index (χ0) is 14.8. The summed E-state index contributed by atoms with van der Waals surface area (Å²) in [6.07, 6.45) is 5.28. The summed E-state index contributed by atoms with van der Waals surface area (Å²) in [6.45, 7) is 5.33. The number of unbranched alkanes of at least 4 members (excludes halogenated alkanes) is 1. The van der Waals surface area contributed by atoms with Crippen LogP contribution in [0.3, 0.4) is 0 Å². The van der Waals surface area contributed by atoms with Gasteiger partial charge in [0.25, 0.3) is 0 Å². The third kappa shape index (κ3) is 7.87. The van der Waals surface area contributed by atoms with Crippen LogP contribution in [-0.4, -0.2) is 29.5 Å². The van der Waals surface area contributed by atoms with Crippen LogP contribution in [0.15, 0.2) is 24.4 Å². The van der Waals surface area contributed by atoms with Gasteiger partial charge in [0, 0.05) is 19.3 Å². The highest BCUT2D eigenvalue weighted by molar-refractivity contribution is 5.85. The molecule has 1 aromatic rings. The van der Waals surface area contributed by atoms with Crippen molar-refractivity contribution in [1.29, 1.82) is 0 Å². The molecule has 6 heteroatoms. The highest BCUT2D eigenvalue weighted by Crippen LogP contribution is 2.08. The van der Waals surface area contributed by atoms with Crippen molar-refractivity contribution >= 4 is 24.1 Å². The van der Waals surface area contributed by atoms with E-state index in [4.69, 9.17) is 5.73 Å². The molecule has 1 rings (SSSR count). The minimum Gasteiger partial charge on any atom is -0.370 e. The topological polar surface area (TPSA) is 80.0 Å². The average molecular weight is 315 g/mol. The fraction of sp³-hybridized carbons (Fsp3) is 0.600. The fourth-order valence-corrected chi connectivity index (χ4v) is 1.97. The number of hydrogen-bond donors (Lipinski definition) is 3. The summed E-state index contributed by atoms with van der Waals surface area (Å²) in [5.41, 5.74) is 5.21. The molecule has 0 aromatic carbocycles. The van der Waals surface area contributed by atoms with Gasteiger partial charge in [-0.1, -0.05) is 19.4 Å². The number of rotatable bonds is 9. The van der Waals surface area contributed by atoms with E-state index in [2.05, 4.69) is 15.6 Å². The second kappa shape index (κ2) is 10.4. The van der Waals surface area contributed by atoms with Crippen LogP contribution in [0, 0.1) is 0 Å². The van der Waals surface area contributed by atoms with Crippen LogP contribution < -0.4 is 16.4 Å². The fourth-order valence-electron chi connectivity index (χ4n) is 1.97. The van der Waals surface area contributed by atoms with Crippen molar-refractivity contribution < 1.29 is 4.79 Å². The Morgan fingerprint density at radius 2 is 2.05 bits per heavy atom. The number of nitrogens with zero attached hydrogens (tertiary/aromatic N) is 1. The number of aromatic nitrogens is 1. The van der Waals surface area contributed by atoms with Gasteiger partial charge in [-0.3, -0.25) is 4.79 Å². The lowest BCUT2D eigenvalue weighted by Crippen LogP contribution is -2.51. The summed E-state index contributed by atoms with van der Waals surface area (Å²) in [5, 5.41) is 6.13. The predicted molar refractivity (Wildman–Crippen MR) is 89.7 cm³/mol. The van der Waals surface area contributed by atoms with Crippen LogP contribution >= 0.6 is 12.4 Å². The molecule has 0 bridgehead atoms. The molecular formula is C15H27ClN4O. The quantitative estimate of drug-likeness (QED) is 0.611. The van der Waals surface area contributed by atoms with E-state index < -0.39 is 5.54 Å². The lowest BCUT2D eigenvalue weighted by molar-refractivity contribution is -0.126. The summed E-state index contributed by atoms with van der Waals surface area (Å²) in [4.78, 5) is 16.0. The van der Waals surface area contributed by atoms with Crippen LogP contribution in [0.4, 0.5) is 5.82 Å². The van der Waals surface area contributed by atoms with Gasteiger partial charge in [-0.2, -0.15) is 0 Å².